The van der Waals surface area contributed by atoms with Gasteiger partial charge >= 0.3 is 0 Å². The molecule has 1 saturated heterocycles. The summed E-state index contributed by atoms with van der Waals surface area (Å²) < 4.78 is 0. The van der Waals surface area contributed by atoms with Gasteiger partial charge in [-0.3, -0.25) is 4.79 Å². The van der Waals surface area contributed by atoms with Gasteiger partial charge in [0.2, 0.25) is 0 Å². The molecular weight excluding hydrogens is 324 g/mol. The summed E-state index contributed by atoms with van der Waals surface area (Å²) in [5, 5.41) is 3.75. The van der Waals surface area contributed by atoms with E-state index in [1.807, 2.05) is 58.3 Å². The van der Waals surface area contributed by atoms with E-state index in [1.54, 1.807) is 0 Å². The maximum Gasteiger partial charge on any atom is 0.270 e. The van der Waals surface area contributed by atoms with Crippen LogP contribution in [0.25, 0.3) is 10.9 Å². The summed E-state index contributed by atoms with van der Waals surface area (Å²) in [6.45, 7) is 1.64. The first kappa shape index (κ1) is 14.8. The lowest BCUT2D eigenvalue weighted by Crippen LogP contribution is -2.33. The highest BCUT2D eigenvalue weighted by atomic mass is 32.2. The van der Waals surface area contributed by atoms with Crippen molar-refractivity contribution in [3.63, 3.8) is 0 Å². The number of fused-ring (bicyclic) bond motifs is 1. The molecule has 1 amide bonds. The SMILES string of the molecule is O=C(c1cc2ccccc2[nH]1)N1CCS[C@@H](c2cccs2)CC1. The molecule has 1 aliphatic rings. The number of hydrogen-bond donors (Lipinski definition) is 1. The number of thiophene rings is 1. The molecule has 0 radical (unpaired) electrons. The number of nitrogens with zero attached hydrogens (tertiary/aromatic N) is 1. The summed E-state index contributed by atoms with van der Waals surface area (Å²) in [7, 11) is 0. The molecule has 3 heterocycles. The fourth-order valence-electron chi connectivity index (χ4n) is 3.03. The van der Waals surface area contributed by atoms with Crippen LogP contribution >= 0.6 is 23.1 Å². The van der Waals surface area contributed by atoms with E-state index in [-0.39, 0.29) is 5.91 Å². The Morgan fingerprint density at radius 3 is 2.91 bits per heavy atom. The smallest absolute Gasteiger partial charge is 0.270 e. The zero-order valence-corrected chi connectivity index (χ0v) is 14.3. The second-order valence-electron chi connectivity index (χ2n) is 5.73. The second-order valence-corrected chi connectivity index (χ2v) is 8.02. The molecule has 2 aromatic heterocycles. The van der Waals surface area contributed by atoms with Crippen LogP contribution in [0.2, 0.25) is 0 Å². The Labute approximate surface area is 143 Å². The van der Waals surface area contributed by atoms with Crippen molar-refractivity contribution in [1.82, 2.24) is 9.88 Å². The standard InChI is InChI=1S/C18H18N2OS2/c21-18(15-12-13-4-1-2-5-14(13)19-15)20-8-7-17(23-11-9-20)16-6-3-10-22-16/h1-6,10,12,17,19H,7-9,11H2/t17-/m1/s1. The minimum atomic E-state index is 0.119. The van der Waals surface area contributed by atoms with Gasteiger partial charge in [-0.15, -0.1) is 11.3 Å². The highest BCUT2D eigenvalue weighted by Crippen LogP contribution is 2.36. The van der Waals surface area contributed by atoms with Crippen LogP contribution in [0.3, 0.4) is 0 Å². The van der Waals surface area contributed by atoms with Crippen molar-refractivity contribution in [3.05, 3.63) is 58.4 Å². The molecule has 0 spiro atoms. The van der Waals surface area contributed by atoms with Crippen molar-refractivity contribution in [1.29, 1.82) is 0 Å². The number of nitrogens with one attached hydrogen (secondary N) is 1. The number of aromatic nitrogens is 1. The number of benzene rings is 1. The summed E-state index contributed by atoms with van der Waals surface area (Å²) in [6, 6.07) is 14.3. The van der Waals surface area contributed by atoms with Gasteiger partial charge < -0.3 is 9.88 Å². The molecule has 3 nitrogen and oxygen atoms in total. The van der Waals surface area contributed by atoms with Crippen molar-refractivity contribution < 1.29 is 4.79 Å². The van der Waals surface area contributed by atoms with Crippen LogP contribution in [-0.4, -0.2) is 34.6 Å². The van der Waals surface area contributed by atoms with Gasteiger partial charge in [-0.2, -0.15) is 11.8 Å². The molecule has 3 aromatic rings. The third kappa shape index (κ3) is 3.03. The largest absolute Gasteiger partial charge is 0.351 e. The molecule has 4 rings (SSSR count). The predicted molar refractivity (Wildman–Crippen MR) is 98.3 cm³/mol. The summed E-state index contributed by atoms with van der Waals surface area (Å²) in [5.41, 5.74) is 1.72. The van der Waals surface area contributed by atoms with Crippen molar-refractivity contribution in [2.45, 2.75) is 11.7 Å². The monoisotopic (exact) mass is 342 g/mol. The molecule has 23 heavy (non-hydrogen) atoms. The second kappa shape index (κ2) is 6.42. The molecule has 0 saturated carbocycles. The molecule has 0 aliphatic carbocycles. The van der Waals surface area contributed by atoms with E-state index in [0.29, 0.717) is 10.9 Å². The predicted octanol–water partition coefficient (Wildman–Crippen LogP) is 4.55. The van der Waals surface area contributed by atoms with Crippen molar-refractivity contribution in [2.24, 2.45) is 0 Å². The number of thioether (sulfide) groups is 1. The highest BCUT2D eigenvalue weighted by Gasteiger charge is 2.24. The van der Waals surface area contributed by atoms with Crippen LogP contribution < -0.4 is 0 Å². The lowest BCUT2D eigenvalue weighted by Gasteiger charge is -2.19. The summed E-state index contributed by atoms with van der Waals surface area (Å²) in [6.07, 6.45) is 1.02. The number of para-hydroxylation sites is 1. The number of rotatable bonds is 2. The Bertz CT molecular complexity index is 776. The van der Waals surface area contributed by atoms with Gasteiger partial charge in [-0.05, 0) is 30.0 Å². The Hall–Kier alpha value is -1.72. The van der Waals surface area contributed by atoms with Crippen molar-refractivity contribution >= 4 is 39.9 Å². The van der Waals surface area contributed by atoms with Gasteiger partial charge in [-0.1, -0.05) is 24.3 Å². The minimum Gasteiger partial charge on any atom is -0.351 e. The summed E-state index contributed by atoms with van der Waals surface area (Å²) in [4.78, 5) is 19.5. The maximum absolute atomic E-state index is 12.8. The number of carbonyl (C=O) groups excluding carboxylic acids is 1. The number of aromatic amines is 1. The van der Waals surface area contributed by atoms with Crippen molar-refractivity contribution in [2.75, 3.05) is 18.8 Å². The van der Waals surface area contributed by atoms with Gasteiger partial charge in [0.25, 0.3) is 5.91 Å². The molecular formula is C18H18N2OS2. The lowest BCUT2D eigenvalue weighted by atomic mass is 10.2. The minimum absolute atomic E-state index is 0.119. The van der Waals surface area contributed by atoms with Gasteiger partial charge in [0.15, 0.2) is 0 Å². The fraction of sp³-hybridized carbons (Fsp3) is 0.278. The number of H-pyrrole nitrogens is 1. The van der Waals surface area contributed by atoms with E-state index in [2.05, 4.69) is 22.5 Å². The molecule has 1 aromatic carbocycles. The topological polar surface area (TPSA) is 36.1 Å². The van der Waals surface area contributed by atoms with Crippen LogP contribution in [0, 0.1) is 0 Å². The molecule has 118 valence electrons. The zero-order valence-electron chi connectivity index (χ0n) is 12.7. The molecule has 1 aliphatic heterocycles. The first-order chi connectivity index (χ1) is 11.3. The molecule has 0 unspecified atom stereocenters. The third-order valence-corrected chi connectivity index (χ3v) is 6.70. The van der Waals surface area contributed by atoms with Crippen LogP contribution in [0.15, 0.2) is 47.8 Å². The quantitative estimate of drug-likeness (QED) is 0.742. The molecule has 5 heteroatoms. The van der Waals surface area contributed by atoms with E-state index in [1.165, 1.54) is 4.88 Å². The van der Waals surface area contributed by atoms with Gasteiger partial charge in [-0.25, -0.2) is 0 Å². The normalized spacial score (nSPS) is 19.0. The van der Waals surface area contributed by atoms with Crippen LogP contribution in [0.4, 0.5) is 0 Å². The number of amides is 1. The number of carbonyl (C=O) groups is 1. The highest BCUT2D eigenvalue weighted by molar-refractivity contribution is 7.99. The molecule has 1 N–H and O–H groups in total. The first-order valence-corrected chi connectivity index (χ1v) is 9.76. The van der Waals surface area contributed by atoms with Crippen molar-refractivity contribution in [3.8, 4) is 0 Å². The van der Waals surface area contributed by atoms with Gasteiger partial charge in [0.05, 0.1) is 0 Å². The Morgan fingerprint density at radius 2 is 2.09 bits per heavy atom. The number of hydrogen-bond acceptors (Lipinski definition) is 3. The molecule has 1 fully saturated rings. The maximum atomic E-state index is 12.8. The zero-order chi connectivity index (χ0) is 15.6. The van der Waals surface area contributed by atoms with E-state index < -0.39 is 0 Å². The van der Waals surface area contributed by atoms with E-state index in [4.69, 9.17) is 0 Å². The Morgan fingerprint density at radius 1 is 1.17 bits per heavy atom. The summed E-state index contributed by atoms with van der Waals surface area (Å²) >= 11 is 3.79. The van der Waals surface area contributed by atoms with Crippen LogP contribution in [-0.2, 0) is 0 Å². The summed E-state index contributed by atoms with van der Waals surface area (Å²) in [5.74, 6) is 1.11. The van der Waals surface area contributed by atoms with Crippen LogP contribution in [0.1, 0.15) is 27.0 Å². The Kier molecular flexibility index (Phi) is 4.14. The third-order valence-electron chi connectivity index (χ3n) is 4.25. The lowest BCUT2D eigenvalue weighted by molar-refractivity contribution is 0.0762. The first-order valence-electron chi connectivity index (χ1n) is 7.83. The Balaban J connectivity index is 1.50. The average molecular weight is 342 g/mol. The fourth-order valence-corrected chi connectivity index (χ4v) is 5.27. The van der Waals surface area contributed by atoms with E-state index in [0.717, 1.165) is 36.2 Å². The van der Waals surface area contributed by atoms with E-state index >= 15 is 0 Å². The molecule has 0 bridgehead atoms. The van der Waals surface area contributed by atoms with Gasteiger partial charge in [0.1, 0.15) is 5.69 Å². The van der Waals surface area contributed by atoms with Gasteiger partial charge in [0, 0.05) is 39.9 Å². The average Bonchev–Trinajstić information content (AvgIpc) is 3.19. The molecule has 1 atom stereocenters. The van der Waals surface area contributed by atoms with Crippen LogP contribution in [0.5, 0.6) is 0 Å². The van der Waals surface area contributed by atoms with E-state index in [9.17, 15) is 4.79 Å².